The van der Waals surface area contributed by atoms with Crippen LogP contribution in [0, 0.1) is 0 Å². The van der Waals surface area contributed by atoms with Gasteiger partial charge in [-0.15, -0.1) is 23.5 Å². The largest absolute Gasteiger partial charge is 0.449 e. The summed E-state index contributed by atoms with van der Waals surface area (Å²) in [7, 11) is 0. The number of Topliss-reactive ketones (excluding diaryl/α,β-unsaturated/α-hetero) is 1. The molecule has 0 aromatic heterocycles. The van der Waals surface area contributed by atoms with Crippen molar-refractivity contribution in [3.8, 4) is 0 Å². The number of ketones is 1. The predicted molar refractivity (Wildman–Crippen MR) is 114 cm³/mol. The van der Waals surface area contributed by atoms with E-state index in [-0.39, 0.29) is 5.78 Å². The Kier molecular flexibility index (Phi) is 6.80. The van der Waals surface area contributed by atoms with E-state index < -0.39 is 18.0 Å². The van der Waals surface area contributed by atoms with Crippen LogP contribution in [0.15, 0.2) is 48.5 Å². The minimum atomic E-state index is -0.964. The van der Waals surface area contributed by atoms with E-state index in [2.05, 4.69) is 5.32 Å². The number of amides is 1. The van der Waals surface area contributed by atoms with Crippen LogP contribution in [-0.2, 0) is 9.53 Å². The molecule has 0 spiro atoms. The fraction of sp³-hybridized carbons (Fsp3) is 0.286. The Bertz CT molecular complexity index is 876. The molecule has 1 heterocycles. The van der Waals surface area contributed by atoms with Gasteiger partial charge in [0, 0.05) is 22.8 Å². The topological polar surface area (TPSA) is 72.5 Å². The fourth-order valence-corrected chi connectivity index (χ4v) is 5.53. The van der Waals surface area contributed by atoms with Gasteiger partial charge in [0.1, 0.15) is 0 Å². The van der Waals surface area contributed by atoms with Gasteiger partial charge < -0.3 is 10.1 Å². The van der Waals surface area contributed by atoms with Gasteiger partial charge in [-0.25, -0.2) is 4.79 Å². The summed E-state index contributed by atoms with van der Waals surface area (Å²) in [6, 6.07) is 14.0. The monoisotopic (exact) mass is 415 g/mol. The van der Waals surface area contributed by atoms with E-state index in [0.717, 1.165) is 11.5 Å². The number of carbonyl (C=O) groups excluding carboxylic acids is 3. The van der Waals surface area contributed by atoms with E-state index in [1.165, 1.54) is 19.4 Å². The van der Waals surface area contributed by atoms with Crippen LogP contribution < -0.4 is 5.32 Å². The Morgan fingerprint density at radius 2 is 1.71 bits per heavy atom. The molecule has 0 radical (unpaired) electrons. The number of nitrogens with one attached hydrogen (secondary N) is 1. The van der Waals surface area contributed by atoms with Crippen LogP contribution in [0.5, 0.6) is 0 Å². The van der Waals surface area contributed by atoms with Crippen LogP contribution in [0.2, 0.25) is 0 Å². The summed E-state index contributed by atoms with van der Waals surface area (Å²) in [6.07, 6.45) is -0.964. The molecular formula is C21H21NO4S2. The van der Waals surface area contributed by atoms with Crippen LogP contribution in [0.3, 0.4) is 0 Å². The zero-order chi connectivity index (χ0) is 20.1. The number of rotatable bonds is 6. The first-order valence-electron chi connectivity index (χ1n) is 8.90. The van der Waals surface area contributed by atoms with Crippen LogP contribution in [0.25, 0.3) is 0 Å². The lowest BCUT2D eigenvalue weighted by Crippen LogP contribution is -2.30. The second-order valence-corrected chi connectivity index (χ2v) is 9.09. The van der Waals surface area contributed by atoms with Crippen LogP contribution in [0.4, 0.5) is 5.69 Å². The van der Waals surface area contributed by atoms with E-state index >= 15 is 0 Å². The van der Waals surface area contributed by atoms with E-state index in [1.807, 2.05) is 35.7 Å². The number of thioether (sulfide) groups is 2. The second kappa shape index (κ2) is 9.30. The maximum absolute atomic E-state index is 12.3. The first-order valence-corrected chi connectivity index (χ1v) is 11.0. The number of ether oxygens (including phenoxy) is 1. The van der Waals surface area contributed by atoms with Gasteiger partial charge in [-0.3, -0.25) is 9.59 Å². The summed E-state index contributed by atoms with van der Waals surface area (Å²) >= 11 is 3.80. The average Bonchev–Trinajstić information content (AvgIpc) is 3.23. The zero-order valence-corrected chi connectivity index (χ0v) is 17.3. The molecular weight excluding hydrogens is 394 g/mol. The molecule has 3 rings (SSSR count). The summed E-state index contributed by atoms with van der Waals surface area (Å²) in [4.78, 5) is 36.1. The first kappa shape index (κ1) is 20.5. The molecule has 1 fully saturated rings. The molecule has 7 heteroatoms. The van der Waals surface area contributed by atoms with Gasteiger partial charge in [0.25, 0.3) is 5.91 Å². The van der Waals surface area contributed by atoms with E-state index in [0.29, 0.717) is 21.4 Å². The van der Waals surface area contributed by atoms with Gasteiger partial charge in [-0.2, -0.15) is 0 Å². The molecule has 1 aliphatic heterocycles. The van der Waals surface area contributed by atoms with Crippen molar-refractivity contribution in [2.75, 3.05) is 16.8 Å². The Hall–Kier alpha value is -2.25. The quantitative estimate of drug-likeness (QED) is 0.551. The minimum absolute atomic E-state index is 0.0894. The van der Waals surface area contributed by atoms with Crippen molar-refractivity contribution in [1.82, 2.24) is 0 Å². The lowest BCUT2D eigenvalue weighted by atomic mass is 10.1. The summed E-state index contributed by atoms with van der Waals surface area (Å²) < 4.78 is 5.70. The van der Waals surface area contributed by atoms with Gasteiger partial charge in [0.2, 0.25) is 0 Å². The number of esters is 1. The highest BCUT2D eigenvalue weighted by atomic mass is 32.2. The molecule has 1 amide bonds. The van der Waals surface area contributed by atoms with Gasteiger partial charge in [0.05, 0.1) is 10.1 Å². The first-order chi connectivity index (χ1) is 13.4. The number of benzene rings is 2. The molecule has 5 nitrogen and oxygen atoms in total. The molecule has 2 aromatic carbocycles. The summed E-state index contributed by atoms with van der Waals surface area (Å²) in [6.45, 7) is 2.98. The second-order valence-electron chi connectivity index (χ2n) is 6.37. The Labute approximate surface area is 172 Å². The maximum Gasteiger partial charge on any atom is 0.338 e. The number of anilines is 1. The summed E-state index contributed by atoms with van der Waals surface area (Å²) in [5.74, 6) is 1.19. The summed E-state index contributed by atoms with van der Waals surface area (Å²) in [5.41, 5.74) is 2.58. The van der Waals surface area contributed by atoms with Crippen LogP contribution in [0.1, 0.15) is 44.7 Å². The molecule has 0 bridgehead atoms. The highest BCUT2D eigenvalue weighted by Gasteiger charge is 2.21. The number of hydrogen-bond acceptors (Lipinski definition) is 6. The molecule has 0 saturated carbocycles. The summed E-state index contributed by atoms with van der Waals surface area (Å²) in [5, 5.41) is 2.67. The third kappa shape index (κ3) is 5.17. The lowest BCUT2D eigenvalue weighted by molar-refractivity contribution is -0.123. The average molecular weight is 416 g/mol. The fourth-order valence-electron chi connectivity index (χ4n) is 2.67. The third-order valence-electron chi connectivity index (χ3n) is 4.23. The van der Waals surface area contributed by atoms with Crippen molar-refractivity contribution < 1.29 is 19.1 Å². The van der Waals surface area contributed by atoms with Crippen molar-refractivity contribution >= 4 is 46.9 Å². The van der Waals surface area contributed by atoms with Crippen molar-refractivity contribution in [2.45, 2.75) is 24.5 Å². The SMILES string of the molecule is CC(=O)c1cccc(NC(=O)[C@@H](C)OC(=O)c2ccc(C3SCCS3)cc2)c1. The smallest absolute Gasteiger partial charge is 0.338 e. The Morgan fingerprint density at radius 3 is 2.36 bits per heavy atom. The molecule has 1 aliphatic rings. The number of hydrogen-bond donors (Lipinski definition) is 1. The van der Waals surface area contributed by atoms with Crippen molar-refractivity contribution in [3.63, 3.8) is 0 Å². The molecule has 28 heavy (non-hydrogen) atoms. The minimum Gasteiger partial charge on any atom is -0.449 e. The van der Waals surface area contributed by atoms with Gasteiger partial charge >= 0.3 is 5.97 Å². The van der Waals surface area contributed by atoms with Crippen LogP contribution >= 0.6 is 23.5 Å². The van der Waals surface area contributed by atoms with E-state index in [9.17, 15) is 14.4 Å². The van der Waals surface area contributed by atoms with Crippen molar-refractivity contribution in [3.05, 3.63) is 65.2 Å². The molecule has 1 atom stereocenters. The Balaban J connectivity index is 1.58. The highest BCUT2D eigenvalue weighted by molar-refractivity contribution is 8.19. The molecule has 2 aromatic rings. The van der Waals surface area contributed by atoms with Crippen molar-refractivity contribution in [1.29, 1.82) is 0 Å². The Morgan fingerprint density at radius 1 is 1.04 bits per heavy atom. The normalized spacial score (nSPS) is 15.1. The lowest BCUT2D eigenvalue weighted by Gasteiger charge is -2.14. The third-order valence-corrected chi connectivity index (χ3v) is 7.33. The van der Waals surface area contributed by atoms with Gasteiger partial charge in [-0.05, 0) is 43.7 Å². The maximum atomic E-state index is 12.3. The zero-order valence-electron chi connectivity index (χ0n) is 15.6. The van der Waals surface area contributed by atoms with Gasteiger partial charge in [-0.1, -0.05) is 24.3 Å². The molecule has 1 N–H and O–H groups in total. The van der Waals surface area contributed by atoms with Gasteiger partial charge in [0.15, 0.2) is 11.9 Å². The molecule has 1 saturated heterocycles. The van der Waals surface area contributed by atoms with E-state index in [4.69, 9.17) is 4.74 Å². The van der Waals surface area contributed by atoms with E-state index in [1.54, 1.807) is 36.4 Å². The molecule has 0 unspecified atom stereocenters. The van der Waals surface area contributed by atoms with Crippen molar-refractivity contribution in [2.24, 2.45) is 0 Å². The van der Waals surface area contributed by atoms with Crippen LogP contribution in [-0.4, -0.2) is 35.3 Å². The molecule has 0 aliphatic carbocycles. The molecule has 146 valence electrons. The number of carbonyl (C=O) groups is 3. The highest BCUT2D eigenvalue weighted by Crippen LogP contribution is 2.45. The predicted octanol–water partition coefficient (Wildman–Crippen LogP) is 4.55. The standard InChI is InChI=1S/C21H21NO4S2/c1-13(23)17-4-3-5-18(12-17)22-19(24)14(2)26-20(25)15-6-8-16(9-7-15)21-27-10-11-28-21/h3-9,12,14,21H,10-11H2,1-2H3,(H,22,24)/t14-/m1/s1.